The predicted molar refractivity (Wildman–Crippen MR) is 81.5 cm³/mol. The van der Waals surface area contributed by atoms with E-state index in [1.54, 1.807) is 11.8 Å². The van der Waals surface area contributed by atoms with Gasteiger partial charge in [-0.2, -0.15) is 0 Å². The van der Waals surface area contributed by atoms with E-state index in [0.29, 0.717) is 13.0 Å². The summed E-state index contributed by atoms with van der Waals surface area (Å²) in [5, 5.41) is -0.00678. The molecule has 0 aromatic carbocycles. The highest BCUT2D eigenvalue weighted by Gasteiger charge is 2.19. The molecular formula is C15H29FO2S. The lowest BCUT2D eigenvalue weighted by Crippen LogP contribution is -2.21. The molecule has 0 aliphatic carbocycles. The van der Waals surface area contributed by atoms with Gasteiger partial charge in [-0.15, -0.1) is 11.8 Å². The van der Waals surface area contributed by atoms with Crippen LogP contribution in [0.1, 0.15) is 65.2 Å². The second kappa shape index (κ2) is 14.2. The maximum absolute atomic E-state index is 11.9. The summed E-state index contributed by atoms with van der Waals surface area (Å²) in [6.07, 6.45) is 7.71. The number of carbonyl (C=O) groups is 1. The lowest BCUT2D eigenvalue weighted by Gasteiger charge is -2.15. The first-order chi connectivity index (χ1) is 9.26. The van der Waals surface area contributed by atoms with Gasteiger partial charge >= 0.3 is 5.97 Å². The summed E-state index contributed by atoms with van der Waals surface area (Å²) in [4.78, 5) is 11.9. The quantitative estimate of drug-likeness (QED) is 0.361. The van der Waals surface area contributed by atoms with Crippen molar-refractivity contribution in [1.82, 2.24) is 0 Å². The van der Waals surface area contributed by atoms with Crippen LogP contribution in [0.25, 0.3) is 0 Å². The lowest BCUT2D eigenvalue weighted by molar-refractivity contribution is -0.143. The number of hydrogen-bond acceptors (Lipinski definition) is 3. The zero-order valence-electron chi connectivity index (χ0n) is 12.5. The minimum absolute atomic E-state index is 0.00678. The number of halogens is 1. The summed E-state index contributed by atoms with van der Waals surface area (Å²) in [5.41, 5.74) is 0. The van der Waals surface area contributed by atoms with Crippen molar-refractivity contribution in [3.05, 3.63) is 0 Å². The Morgan fingerprint density at radius 2 is 1.84 bits per heavy atom. The molecule has 0 N–H and O–H groups in total. The number of thioether (sulfide) groups is 1. The molecule has 0 radical (unpaired) electrons. The van der Waals surface area contributed by atoms with Gasteiger partial charge in [-0.05, 0) is 31.4 Å². The van der Waals surface area contributed by atoms with Crippen molar-refractivity contribution in [2.45, 2.75) is 70.5 Å². The van der Waals surface area contributed by atoms with Gasteiger partial charge in [-0.25, -0.2) is 0 Å². The predicted octanol–water partition coefficient (Wildman–Crippen LogP) is 4.76. The highest BCUT2D eigenvalue weighted by Crippen LogP contribution is 2.21. The van der Waals surface area contributed by atoms with E-state index in [0.717, 1.165) is 50.7 Å². The van der Waals surface area contributed by atoms with E-state index >= 15 is 0 Å². The summed E-state index contributed by atoms with van der Waals surface area (Å²) >= 11 is 1.71. The molecule has 0 rings (SSSR count). The van der Waals surface area contributed by atoms with Gasteiger partial charge in [0, 0.05) is 0 Å². The Kier molecular flexibility index (Phi) is 14.0. The SMILES string of the molecule is CCCCC(SCCCCCCF)C(=O)OCCC. The zero-order valence-corrected chi connectivity index (χ0v) is 13.3. The molecule has 0 aromatic rings. The third-order valence-corrected chi connectivity index (χ3v) is 4.23. The zero-order chi connectivity index (χ0) is 14.3. The first-order valence-electron chi connectivity index (χ1n) is 7.60. The molecule has 1 unspecified atom stereocenters. The van der Waals surface area contributed by atoms with Crippen LogP contribution in [-0.4, -0.2) is 30.3 Å². The Labute approximate surface area is 121 Å². The summed E-state index contributed by atoms with van der Waals surface area (Å²) in [6.45, 7) is 4.45. The highest BCUT2D eigenvalue weighted by atomic mass is 32.2. The maximum Gasteiger partial charge on any atom is 0.319 e. The van der Waals surface area contributed by atoms with Crippen LogP contribution < -0.4 is 0 Å². The molecule has 0 fully saturated rings. The fourth-order valence-electron chi connectivity index (χ4n) is 1.73. The van der Waals surface area contributed by atoms with Gasteiger partial charge < -0.3 is 4.74 Å². The van der Waals surface area contributed by atoms with E-state index in [-0.39, 0.29) is 17.9 Å². The molecule has 1 atom stereocenters. The van der Waals surface area contributed by atoms with Crippen LogP contribution in [0.15, 0.2) is 0 Å². The van der Waals surface area contributed by atoms with Gasteiger partial charge in [0.1, 0.15) is 5.25 Å². The molecule has 114 valence electrons. The molecule has 2 nitrogen and oxygen atoms in total. The molecule has 4 heteroatoms. The van der Waals surface area contributed by atoms with Crippen molar-refractivity contribution in [2.75, 3.05) is 19.0 Å². The summed E-state index contributed by atoms with van der Waals surface area (Å²) in [6, 6.07) is 0. The van der Waals surface area contributed by atoms with Crippen molar-refractivity contribution >= 4 is 17.7 Å². The Balaban J connectivity index is 3.81. The van der Waals surface area contributed by atoms with Crippen LogP contribution in [0.5, 0.6) is 0 Å². The van der Waals surface area contributed by atoms with Crippen molar-refractivity contribution in [3.8, 4) is 0 Å². The van der Waals surface area contributed by atoms with Gasteiger partial charge in [0.15, 0.2) is 0 Å². The summed E-state index contributed by atoms with van der Waals surface area (Å²) in [5.74, 6) is 0.922. The number of hydrogen-bond donors (Lipinski definition) is 0. The number of unbranched alkanes of at least 4 members (excludes halogenated alkanes) is 4. The molecule has 0 spiro atoms. The van der Waals surface area contributed by atoms with Gasteiger partial charge in [0.2, 0.25) is 0 Å². The van der Waals surface area contributed by atoms with Crippen molar-refractivity contribution in [1.29, 1.82) is 0 Å². The second-order valence-electron chi connectivity index (χ2n) is 4.77. The van der Waals surface area contributed by atoms with Gasteiger partial charge in [0.05, 0.1) is 13.3 Å². The first-order valence-corrected chi connectivity index (χ1v) is 8.65. The Bertz CT molecular complexity index is 212. The van der Waals surface area contributed by atoms with Crippen LogP contribution in [0.3, 0.4) is 0 Å². The Morgan fingerprint density at radius 1 is 1.11 bits per heavy atom. The van der Waals surface area contributed by atoms with E-state index in [4.69, 9.17) is 4.74 Å². The van der Waals surface area contributed by atoms with E-state index < -0.39 is 0 Å². The van der Waals surface area contributed by atoms with Crippen LogP contribution in [0.2, 0.25) is 0 Å². The molecule has 0 amide bonds. The molecule has 0 saturated carbocycles. The van der Waals surface area contributed by atoms with Gasteiger partial charge in [-0.1, -0.05) is 39.5 Å². The van der Waals surface area contributed by atoms with E-state index in [2.05, 4.69) is 6.92 Å². The molecular weight excluding hydrogens is 263 g/mol. The number of alkyl halides is 1. The monoisotopic (exact) mass is 292 g/mol. The largest absolute Gasteiger partial charge is 0.465 e. The third kappa shape index (κ3) is 11.3. The average Bonchev–Trinajstić information content (AvgIpc) is 2.43. The maximum atomic E-state index is 11.9. The van der Waals surface area contributed by atoms with E-state index in [1.165, 1.54) is 0 Å². The topological polar surface area (TPSA) is 26.3 Å². The molecule has 0 aliphatic rings. The molecule has 0 aromatic heterocycles. The standard InChI is InChI=1S/C15H29FO2S/c1-3-5-10-14(15(17)18-12-4-2)19-13-9-7-6-8-11-16/h14H,3-13H2,1-2H3. The number of esters is 1. The normalized spacial score (nSPS) is 12.4. The number of carbonyl (C=O) groups excluding carboxylic acids is 1. The molecule has 0 saturated heterocycles. The fourth-order valence-corrected chi connectivity index (χ4v) is 2.92. The average molecular weight is 292 g/mol. The van der Waals surface area contributed by atoms with Crippen molar-refractivity contribution in [2.24, 2.45) is 0 Å². The van der Waals surface area contributed by atoms with Crippen LogP contribution in [-0.2, 0) is 9.53 Å². The number of rotatable bonds is 13. The minimum Gasteiger partial charge on any atom is -0.465 e. The first kappa shape index (κ1) is 18.8. The molecule has 0 aliphatic heterocycles. The van der Waals surface area contributed by atoms with E-state index in [1.807, 2.05) is 6.92 Å². The molecule has 19 heavy (non-hydrogen) atoms. The summed E-state index contributed by atoms with van der Waals surface area (Å²) < 4.78 is 17.2. The van der Waals surface area contributed by atoms with Crippen LogP contribution in [0, 0.1) is 0 Å². The van der Waals surface area contributed by atoms with Crippen molar-refractivity contribution < 1.29 is 13.9 Å². The van der Waals surface area contributed by atoms with Crippen LogP contribution in [0.4, 0.5) is 4.39 Å². The van der Waals surface area contributed by atoms with Crippen LogP contribution >= 0.6 is 11.8 Å². The Morgan fingerprint density at radius 3 is 2.47 bits per heavy atom. The Hall–Kier alpha value is -0.250. The minimum atomic E-state index is -0.213. The van der Waals surface area contributed by atoms with Crippen molar-refractivity contribution in [3.63, 3.8) is 0 Å². The molecule has 0 bridgehead atoms. The van der Waals surface area contributed by atoms with E-state index in [9.17, 15) is 9.18 Å². The third-order valence-electron chi connectivity index (χ3n) is 2.88. The lowest BCUT2D eigenvalue weighted by atomic mass is 10.2. The highest BCUT2D eigenvalue weighted by molar-refractivity contribution is 8.00. The fraction of sp³-hybridized carbons (Fsp3) is 0.933. The molecule has 0 heterocycles. The van der Waals surface area contributed by atoms with Gasteiger partial charge in [0.25, 0.3) is 0 Å². The smallest absolute Gasteiger partial charge is 0.319 e. The number of ether oxygens (including phenoxy) is 1. The van der Waals surface area contributed by atoms with Gasteiger partial charge in [-0.3, -0.25) is 9.18 Å². The summed E-state index contributed by atoms with van der Waals surface area (Å²) in [7, 11) is 0. The second-order valence-corrected chi connectivity index (χ2v) is 6.08.